The van der Waals surface area contributed by atoms with E-state index in [2.05, 4.69) is 61.0 Å². The average Bonchev–Trinajstić information content (AvgIpc) is 3.14. The standard InChI is InChI=1S/C20H28N6O.ClH/c27-20(19-17-14-21-7-6-18(17)23-24-19)22-8-9-25-10-12-26(13-11-25)15-16-4-2-1-3-5-16;/h1-5,21H,6-15H2,(H,22,27)(H,23,24);1H. The number of benzene rings is 1. The Labute approximate surface area is 172 Å². The van der Waals surface area contributed by atoms with Gasteiger partial charge in [-0.05, 0) is 5.56 Å². The molecule has 0 radical (unpaired) electrons. The maximum Gasteiger partial charge on any atom is 0.272 e. The van der Waals surface area contributed by atoms with E-state index in [1.165, 1.54) is 5.56 Å². The van der Waals surface area contributed by atoms with Gasteiger partial charge in [0.1, 0.15) is 0 Å². The Morgan fingerprint density at radius 3 is 2.64 bits per heavy atom. The van der Waals surface area contributed by atoms with Crippen LogP contribution in [0.1, 0.15) is 27.3 Å². The molecule has 2 aliphatic heterocycles. The van der Waals surface area contributed by atoms with E-state index in [0.29, 0.717) is 12.2 Å². The number of aromatic nitrogens is 2. The fourth-order valence-electron chi connectivity index (χ4n) is 3.84. The molecule has 1 amide bonds. The molecule has 8 heteroatoms. The molecule has 1 saturated heterocycles. The summed E-state index contributed by atoms with van der Waals surface area (Å²) in [6, 6.07) is 10.6. The minimum absolute atomic E-state index is 0. The average molecular weight is 405 g/mol. The lowest BCUT2D eigenvalue weighted by atomic mass is 10.1. The van der Waals surface area contributed by atoms with Crippen LogP contribution in [0.3, 0.4) is 0 Å². The topological polar surface area (TPSA) is 76.3 Å². The monoisotopic (exact) mass is 404 g/mol. The van der Waals surface area contributed by atoms with E-state index in [9.17, 15) is 4.79 Å². The summed E-state index contributed by atoms with van der Waals surface area (Å²) < 4.78 is 0. The minimum atomic E-state index is -0.0705. The number of rotatable bonds is 6. The third kappa shape index (κ3) is 5.11. The smallest absolute Gasteiger partial charge is 0.272 e. The van der Waals surface area contributed by atoms with Crippen molar-refractivity contribution in [2.45, 2.75) is 19.5 Å². The van der Waals surface area contributed by atoms with Crippen molar-refractivity contribution in [1.29, 1.82) is 0 Å². The highest BCUT2D eigenvalue weighted by molar-refractivity contribution is 5.94. The highest BCUT2D eigenvalue weighted by atomic mass is 35.5. The Bertz CT molecular complexity index is 757. The van der Waals surface area contributed by atoms with Gasteiger partial charge in [0.05, 0.1) is 0 Å². The molecule has 152 valence electrons. The third-order valence-corrected chi connectivity index (χ3v) is 5.45. The van der Waals surface area contributed by atoms with Crippen LogP contribution in [-0.2, 0) is 19.5 Å². The van der Waals surface area contributed by atoms with Crippen molar-refractivity contribution >= 4 is 18.3 Å². The first-order chi connectivity index (χ1) is 13.3. The minimum Gasteiger partial charge on any atom is -0.349 e. The first-order valence-corrected chi connectivity index (χ1v) is 9.83. The number of nitrogens with one attached hydrogen (secondary N) is 3. The van der Waals surface area contributed by atoms with Gasteiger partial charge in [0.2, 0.25) is 0 Å². The number of fused-ring (bicyclic) bond motifs is 1. The molecule has 0 spiro atoms. The summed E-state index contributed by atoms with van der Waals surface area (Å²) in [5.41, 5.74) is 4.03. The van der Waals surface area contributed by atoms with Crippen LogP contribution in [0.4, 0.5) is 0 Å². The van der Waals surface area contributed by atoms with Crippen LogP contribution in [0.5, 0.6) is 0 Å². The number of aromatic amines is 1. The van der Waals surface area contributed by atoms with Crippen molar-refractivity contribution in [1.82, 2.24) is 30.6 Å². The van der Waals surface area contributed by atoms with Gasteiger partial charge in [0, 0.05) is 76.6 Å². The van der Waals surface area contributed by atoms with Gasteiger partial charge < -0.3 is 10.6 Å². The second kappa shape index (κ2) is 10.0. The zero-order valence-corrected chi connectivity index (χ0v) is 16.9. The molecule has 0 aliphatic carbocycles. The molecule has 2 aromatic rings. The van der Waals surface area contributed by atoms with E-state index in [4.69, 9.17) is 0 Å². The summed E-state index contributed by atoms with van der Waals surface area (Å²) in [7, 11) is 0. The number of H-pyrrole nitrogens is 1. The van der Waals surface area contributed by atoms with Gasteiger partial charge in [-0.2, -0.15) is 5.10 Å². The Morgan fingerprint density at radius 2 is 1.86 bits per heavy atom. The fraction of sp³-hybridized carbons (Fsp3) is 0.500. The molecule has 0 atom stereocenters. The lowest BCUT2D eigenvalue weighted by Crippen LogP contribution is -2.48. The van der Waals surface area contributed by atoms with Crippen LogP contribution in [-0.4, -0.2) is 71.7 Å². The van der Waals surface area contributed by atoms with E-state index in [1.807, 2.05) is 0 Å². The normalized spacial score (nSPS) is 17.6. The number of halogens is 1. The molecule has 4 rings (SSSR count). The maximum atomic E-state index is 12.4. The zero-order chi connectivity index (χ0) is 18.5. The van der Waals surface area contributed by atoms with Crippen molar-refractivity contribution in [2.75, 3.05) is 45.8 Å². The lowest BCUT2D eigenvalue weighted by molar-refractivity contribution is 0.0928. The molecule has 2 aliphatic rings. The van der Waals surface area contributed by atoms with Gasteiger partial charge in [-0.1, -0.05) is 30.3 Å². The molecular weight excluding hydrogens is 376 g/mol. The SMILES string of the molecule is Cl.O=C(NCCN1CCN(Cc2ccccc2)CC1)c1n[nH]c2c1CNCC2. The van der Waals surface area contributed by atoms with Gasteiger partial charge >= 0.3 is 0 Å². The van der Waals surface area contributed by atoms with E-state index in [0.717, 1.165) is 70.0 Å². The molecular formula is C20H29ClN6O. The maximum absolute atomic E-state index is 12.4. The largest absolute Gasteiger partial charge is 0.349 e. The Balaban J connectivity index is 0.00000225. The molecule has 3 heterocycles. The molecule has 1 fully saturated rings. The first-order valence-electron chi connectivity index (χ1n) is 9.83. The molecule has 1 aromatic carbocycles. The van der Waals surface area contributed by atoms with Gasteiger partial charge in [-0.3, -0.25) is 19.7 Å². The number of piperazine rings is 1. The highest BCUT2D eigenvalue weighted by Gasteiger charge is 2.22. The molecule has 1 aromatic heterocycles. The number of hydrogen-bond acceptors (Lipinski definition) is 5. The van der Waals surface area contributed by atoms with Crippen molar-refractivity contribution in [3.63, 3.8) is 0 Å². The van der Waals surface area contributed by atoms with Crippen molar-refractivity contribution in [3.8, 4) is 0 Å². The number of carbonyl (C=O) groups excluding carboxylic acids is 1. The number of carbonyl (C=O) groups is 1. The highest BCUT2D eigenvalue weighted by Crippen LogP contribution is 2.15. The van der Waals surface area contributed by atoms with Crippen molar-refractivity contribution in [3.05, 3.63) is 52.8 Å². The zero-order valence-electron chi connectivity index (χ0n) is 16.1. The number of hydrogen-bond donors (Lipinski definition) is 3. The predicted octanol–water partition coefficient (Wildman–Crippen LogP) is 1.02. The fourth-order valence-corrected chi connectivity index (χ4v) is 3.84. The Hall–Kier alpha value is -1.93. The van der Waals surface area contributed by atoms with Crippen molar-refractivity contribution in [2.24, 2.45) is 0 Å². The Kier molecular flexibility index (Phi) is 7.44. The molecule has 0 unspecified atom stereocenters. The van der Waals surface area contributed by atoms with Gasteiger partial charge in [0.25, 0.3) is 5.91 Å². The van der Waals surface area contributed by atoms with Gasteiger partial charge in [-0.15, -0.1) is 12.4 Å². The van der Waals surface area contributed by atoms with Crippen LogP contribution >= 0.6 is 12.4 Å². The van der Waals surface area contributed by atoms with Crippen LogP contribution in [0, 0.1) is 0 Å². The van der Waals surface area contributed by atoms with Crippen molar-refractivity contribution < 1.29 is 4.79 Å². The summed E-state index contributed by atoms with van der Waals surface area (Å²) in [4.78, 5) is 17.3. The van der Waals surface area contributed by atoms with Crippen LogP contribution in [0.2, 0.25) is 0 Å². The first kappa shape index (κ1) is 20.8. The van der Waals surface area contributed by atoms with Gasteiger partial charge in [-0.25, -0.2) is 0 Å². The second-order valence-corrected chi connectivity index (χ2v) is 7.32. The van der Waals surface area contributed by atoms with E-state index >= 15 is 0 Å². The van der Waals surface area contributed by atoms with Gasteiger partial charge in [0.15, 0.2) is 5.69 Å². The lowest BCUT2D eigenvalue weighted by Gasteiger charge is -2.34. The van der Waals surface area contributed by atoms with E-state index in [-0.39, 0.29) is 18.3 Å². The third-order valence-electron chi connectivity index (χ3n) is 5.45. The molecule has 3 N–H and O–H groups in total. The number of amides is 1. The second-order valence-electron chi connectivity index (χ2n) is 7.32. The summed E-state index contributed by atoms with van der Waals surface area (Å²) in [5, 5.41) is 13.5. The summed E-state index contributed by atoms with van der Waals surface area (Å²) in [5.74, 6) is -0.0705. The molecule has 28 heavy (non-hydrogen) atoms. The predicted molar refractivity (Wildman–Crippen MR) is 112 cm³/mol. The summed E-state index contributed by atoms with van der Waals surface area (Å²) in [6.45, 7) is 8.45. The molecule has 0 saturated carbocycles. The quantitative estimate of drug-likeness (QED) is 0.670. The summed E-state index contributed by atoms with van der Waals surface area (Å²) in [6.07, 6.45) is 0.906. The van der Waals surface area contributed by atoms with E-state index in [1.54, 1.807) is 0 Å². The van der Waals surface area contributed by atoms with Crippen LogP contribution in [0.25, 0.3) is 0 Å². The Morgan fingerprint density at radius 1 is 1.11 bits per heavy atom. The van der Waals surface area contributed by atoms with Crippen LogP contribution in [0.15, 0.2) is 30.3 Å². The molecule has 0 bridgehead atoms. The summed E-state index contributed by atoms with van der Waals surface area (Å²) >= 11 is 0. The van der Waals surface area contributed by atoms with E-state index < -0.39 is 0 Å². The number of nitrogens with zero attached hydrogens (tertiary/aromatic N) is 3. The van der Waals surface area contributed by atoms with Crippen LogP contribution < -0.4 is 10.6 Å². The molecule has 7 nitrogen and oxygen atoms in total.